The van der Waals surface area contributed by atoms with Crippen molar-refractivity contribution >= 4 is 23.1 Å². The van der Waals surface area contributed by atoms with Gasteiger partial charge in [0.1, 0.15) is 0 Å². The Morgan fingerprint density at radius 3 is 2.72 bits per heavy atom. The van der Waals surface area contributed by atoms with Crippen molar-refractivity contribution < 1.29 is 4.74 Å². The molecule has 7 nitrogen and oxygen atoms in total. The lowest BCUT2D eigenvalue weighted by Gasteiger charge is -2.13. The summed E-state index contributed by atoms with van der Waals surface area (Å²) in [5.74, 6) is 0.378. The molecule has 0 amide bonds. The van der Waals surface area contributed by atoms with E-state index < -0.39 is 0 Å². The van der Waals surface area contributed by atoms with E-state index in [4.69, 9.17) is 10.00 Å². The van der Waals surface area contributed by atoms with Crippen LogP contribution in [0.25, 0.3) is 10.9 Å². The number of hydrazone groups is 1. The van der Waals surface area contributed by atoms with E-state index in [1.807, 2.05) is 26.0 Å². The van der Waals surface area contributed by atoms with Crippen molar-refractivity contribution in [1.29, 1.82) is 5.26 Å². The van der Waals surface area contributed by atoms with Crippen LogP contribution in [0.3, 0.4) is 0 Å². The van der Waals surface area contributed by atoms with Gasteiger partial charge in [0, 0.05) is 13.2 Å². The molecule has 0 saturated carbocycles. The van der Waals surface area contributed by atoms with Crippen LogP contribution >= 0.6 is 0 Å². The number of nitriles is 1. The Labute approximate surface area is 169 Å². The summed E-state index contributed by atoms with van der Waals surface area (Å²) >= 11 is 0. The summed E-state index contributed by atoms with van der Waals surface area (Å²) in [4.78, 5) is 17.5. The normalized spacial score (nSPS) is 11.2. The van der Waals surface area contributed by atoms with Crippen molar-refractivity contribution in [3.8, 4) is 6.07 Å². The highest BCUT2D eigenvalue weighted by molar-refractivity contribution is 5.81. The molecule has 1 heterocycles. The molecule has 0 radical (unpaired) electrons. The van der Waals surface area contributed by atoms with Gasteiger partial charge in [-0.2, -0.15) is 10.4 Å². The molecule has 0 saturated heterocycles. The third kappa shape index (κ3) is 5.27. The zero-order valence-electron chi connectivity index (χ0n) is 16.5. The van der Waals surface area contributed by atoms with Crippen molar-refractivity contribution in [2.24, 2.45) is 5.10 Å². The minimum atomic E-state index is -0.115. The smallest absolute Gasteiger partial charge is 0.262 e. The van der Waals surface area contributed by atoms with Crippen LogP contribution in [0.1, 0.15) is 31.4 Å². The monoisotopic (exact) mass is 389 g/mol. The van der Waals surface area contributed by atoms with E-state index in [1.165, 1.54) is 0 Å². The van der Waals surface area contributed by atoms with Gasteiger partial charge in [-0.05, 0) is 50.1 Å². The minimum Gasteiger partial charge on any atom is -0.379 e. The summed E-state index contributed by atoms with van der Waals surface area (Å²) in [6.45, 7) is 4.99. The van der Waals surface area contributed by atoms with Crippen LogP contribution in [-0.2, 0) is 11.3 Å². The summed E-state index contributed by atoms with van der Waals surface area (Å²) in [6, 6.07) is 16.4. The van der Waals surface area contributed by atoms with E-state index in [0.717, 1.165) is 5.56 Å². The van der Waals surface area contributed by atoms with Crippen molar-refractivity contribution in [3.05, 3.63) is 70.0 Å². The molecule has 148 valence electrons. The van der Waals surface area contributed by atoms with Crippen molar-refractivity contribution in [2.75, 3.05) is 12.0 Å². The van der Waals surface area contributed by atoms with E-state index in [9.17, 15) is 4.79 Å². The lowest BCUT2D eigenvalue weighted by Crippen LogP contribution is -2.25. The van der Waals surface area contributed by atoms with Gasteiger partial charge >= 0.3 is 0 Å². The molecule has 0 aliphatic heterocycles. The Morgan fingerprint density at radius 1 is 1.24 bits per heavy atom. The number of anilines is 1. The molecule has 3 aromatic rings. The maximum absolute atomic E-state index is 12.9. The number of ether oxygens (including phenoxy) is 1. The van der Waals surface area contributed by atoms with Gasteiger partial charge in [-0.15, -0.1) is 0 Å². The van der Waals surface area contributed by atoms with Gasteiger partial charge in [-0.1, -0.05) is 24.3 Å². The Bertz CT molecular complexity index is 1090. The predicted molar refractivity (Wildman–Crippen MR) is 114 cm³/mol. The summed E-state index contributed by atoms with van der Waals surface area (Å²) in [5, 5.41) is 13.7. The van der Waals surface area contributed by atoms with Crippen molar-refractivity contribution in [3.63, 3.8) is 0 Å². The first-order valence-electron chi connectivity index (χ1n) is 9.49. The molecule has 0 unspecified atom stereocenters. The molecular formula is C22H23N5O2. The first kappa shape index (κ1) is 20.2. The average Bonchev–Trinajstić information content (AvgIpc) is 2.73. The second-order valence-corrected chi connectivity index (χ2v) is 6.79. The standard InChI is InChI=1S/C22H23N5O2/c1-16(2)29-13-5-12-27-21(28)19-6-3-4-7-20(19)25-22(27)26-24-15-18-10-8-17(14-23)9-11-18/h3-4,6-11,15-16H,5,12-13H2,1-2H3,(H,25,26)/b24-15-. The summed E-state index contributed by atoms with van der Waals surface area (Å²) in [7, 11) is 0. The van der Waals surface area contributed by atoms with Gasteiger partial charge in [-0.25, -0.2) is 10.4 Å². The van der Waals surface area contributed by atoms with Crippen LogP contribution in [0.15, 0.2) is 58.4 Å². The Balaban J connectivity index is 1.83. The zero-order chi connectivity index (χ0) is 20.6. The Kier molecular flexibility index (Phi) is 6.72. The zero-order valence-corrected chi connectivity index (χ0v) is 16.5. The van der Waals surface area contributed by atoms with Crippen LogP contribution < -0.4 is 11.0 Å². The molecule has 7 heteroatoms. The summed E-state index contributed by atoms with van der Waals surface area (Å²) < 4.78 is 7.17. The molecule has 0 aliphatic carbocycles. The highest BCUT2D eigenvalue weighted by Gasteiger charge is 2.10. The highest BCUT2D eigenvalue weighted by atomic mass is 16.5. The number of hydrogen-bond donors (Lipinski definition) is 1. The van der Waals surface area contributed by atoms with Crippen LogP contribution in [0.2, 0.25) is 0 Å². The molecule has 0 spiro atoms. The largest absolute Gasteiger partial charge is 0.379 e. The number of fused-ring (bicyclic) bond motifs is 1. The first-order chi connectivity index (χ1) is 14.1. The van der Waals surface area contributed by atoms with Gasteiger partial charge in [0.25, 0.3) is 5.56 Å². The third-order valence-electron chi connectivity index (χ3n) is 4.26. The van der Waals surface area contributed by atoms with E-state index >= 15 is 0 Å². The van der Waals surface area contributed by atoms with Crippen molar-refractivity contribution in [2.45, 2.75) is 32.9 Å². The fourth-order valence-electron chi connectivity index (χ4n) is 2.81. The fourth-order valence-corrected chi connectivity index (χ4v) is 2.81. The molecule has 1 aromatic heterocycles. The fraction of sp³-hybridized carbons (Fsp3) is 0.273. The van der Waals surface area contributed by atoms with E-state index in [2.05, 4.69) is 21.6 Å². The van der Waals surface area contributed by atoms with Crippen LogP contribution in [0, 0.1) is 11.3 Å². The molecule has 3 rings (SSSR count). The minimum absolute atomic E-state index is 0.115. The predicted octanol–water partition coefficient (Wildman–Crippen LogP) is 3.53. The topological polar surface area (TPSA) is 92.3 Å². The number of aromatic nitrogens is 2. The van der Waals surface area contributed by atoms with Crippen LogP contribution in [0.4, 0.5) is 5.95 Å². The molecule has 29 heavy (non-hydrogen) atoms. The molecular weight excluding hydrogens is 366 g/mol. The summed E-state index contributed by atoms with van der Waals surface area (Å²) in [6.07, 6.45) is 2.46. The van der Waals surface area contributed by atoms with E-state index in [0.29, 0.717) is 42.0 Å². The number of benzene rings is 2. The van der Waals surface area contributed by atoms with Gasteiger partial charge in [0.05, 0.1) is 34.9 Å². The number of nitrogens with one attached hydrogen (secondary N) is 1. The number of para-hydroxylation sites is 1. The summed E-state index contributed by atoms with van der Waals surface area (Å²) in [5.41, 5.74) is 4.80. The lowest BCUT2D eigenvalue weighted by molar-refractivity contribution is 0.0748. The molecule has 0 fully saturated rings. The highest BCUT2D eigenvalue weighted by Crippen LogP contribution is 2.12. The van der Waals surface area contributed by atoms with E-state index in [1.54, 1.807) is 47.2 Å². The maximum Gasteiger partial charge on any atom is 0.262 e. The maximum atomic E-state index is 12.9. The van der Waals surface area contributed by atoms with Crippen LogP contribution in [-0.4, -0.2) is 28.5 Å². The Hall–Kier alpha value is -3.50. The lowest BCUT2D eigenvalue weighted by atomic mass is 10.2. The molecule has 2 aromatic carbocycles. The van der Waals surface area contributed by atoms with Crippen molar-refractivity contribution in [1.82, 2.24) is 9.55 Å². The SMILES string of the molecule is CC(C)OCCCn1c(N/N=C\c2ccc(C#N)cc2)nc2ccccc2c1=O. The van der Waals surface area contributed by atoms with Crippen LogP contribution in [0.5, 0.6) is 0 Å². The third-order valence-corrected chi connectivity index (χ3v) is 4.26. The molecule has 0 bridgehead atoms. The van der Waals surface area contributed by atoms with E-state index in [-0.39, 0.29) is 11.7 Å². The average molecular weight is 389 g/mol. The first-order valence-corrected chi connectivity index (χ1v) is 9.49. The number of hydrogen-bond acceptors (Lipinski definition) is 6. The van der Waals surface area contributed by atoms with Gasteiger partial charge in [0.2, 0.25) is 5.95 Å². The second kappa shape index (κ2) is 9.62. The second-order valence-electron chi connectivity index (χ2n) is 6.79. The number of nitrogens with zero attached hydrogens (tertiary/aromatic N) is 4. The van der Waals surface area contributed by atoms with Gasteiger partial charge in [-0.3, -0.25) is 9.36 Å². The van der Waals surface area contributed by atoms with Gasteiger partial charge < -0.3 is 4.74 Å². The molecule has 1 N–H and O–H groups in total. The quantitative estimate of drug-likeness (QED) is 0.361. The molecule has 0 aliphatic rings. The van der Waals surface area contributed by atoms with Gasteiger partial charge in [0.15, 0.2) is 0 Å². The Morgan fingerprint density at radius 2 is 2.00 bits per heavy atom. The number of rotatable bonds is 8. The molecule has 0 atom stereocenters.